The molecule has 0 fully saturated rings. The van der Waals surface area contributed by atoms with Crippen molar-refractivity contribution >= 4 is 48.0 Å². The summed E-state index contributed by atoms with van der Waals surface area (Å²) >= 11 is 1.45. The quantitative estimate of drug-likeness (QED) is 0.347. The highest BCUT2D eigenvalue weighted by Gasteiger charge is 2.18. The van der Waals surface area contributed by atoms with Crippen molar-refractivity contribution in [3.8, 4) is 11.1 Å². The van der Waals surface area contributed by atoms with E-state index in [-0.39, 0.29) is 11.5 Å². The summed E-state index contributed by atoms with van der Waals surface area (Å²) in [5.41, 5.74) is 3.67. The third-order valence-corrected chi connectivity index (χ3v) is 6.31. The number of pyridine rings is 2. The normalized spacial score (nSPS) is 13.2. The highest BCUT2D eigenvalue weighted by atomic mass is 32.1. The van der Waals surface area contributed by atoms with Crippen molar-refractivity contribution in [2.75, 3.05) is 6.54 Å². The minimum Gasteiger partial charge on any atom is -0.395 e. The summed E-state index contributed by atoms with van der Waals surface area (Å²) in [6, 6.07) is 10.2. The van der Waals surface area contributed by atoms with Gasteiger partial charge >= 0.3 is 0 Å². The molecule has 0 saturated heterocycles. The first kappa shape index (κ1) is 20.8. The molecule has 8 heteroatoms. The van der Waals surface area contributed by atoms with Gasteiger partial charge in [-0.05, 0) is 42.3 Å². The fraction of sp³-hybridized carbons (Fsp3) is 0.273. The Bertz CT molecular complexity index is 1290. The fourth-order valence-electron chi connectivity index (χ4n) is 3.89. The number of aromatic nitrogens is 2. The van der Waals surface area contributed by atoms with Crippen LogP contribution in [0.3, 0.4) is 0 Å². The number of hydrogen-bond donors (Lipinski definition) is 3. The lowest BCUT2D eigenvalue weighted by Crippen LogP contribution is -2.47. The molecule has 3 heterocycles. The lowest BCUT2D eigenvalue weighted by Gasteiger charge is -2.23. The molecule has 1 unspecified atom stereocenters. The Morgan fingerprint density at radius 2 is 1.90 bits per heavy atom. The van der Waals surface area contributed by atoms with Gasteiger partial charge in [-0.2, -0.15) is 0 Å². The van der Waals surface area contributed by atoms with Gasteiger partial charge in [-0.1, -0.05) is 31.2 Å². The Kier molecular flexibility index (Phi) is 5.34. The Morgan fingerprint density at radius 1 is 1.20 bits per heavy atom. The van der Waals surface area contributed by atoms with Crippen LogP contribution in [0, 0.1) is 13.8 Å². The van der Waals surface area contributed by atoms with Gasteiger partial charge in [0.25, 0.3) is 5.56 Å². The average molecular weight is 413 g/mol. The first-order valence-electron chi connectivity index (χ1n) is 9.71. The molecule has 1 atom stereocenters. The monoisotopic (exact) mass is 413 g/mol. The molecule has 0 aliphatic heterocycles. The van der Waals surface area contributed by atoms with Crippen LogP contribution in [-0.2, 0) is 0 Å². The maximum Gasteiger partial charge on any atom is 0.266 e. The second-order valence-corrected chi connectivity index (χ2v) is 8.67. The molecular formula is C22H21B2N3O2S. The van der Waals surface area contributed by atoms with Gasteiger partial charge in [0.05, 0.1) is 11.2 Å². The largest absolute Gasteiger partial charge is 0.395 e. The Morgan fingerprint density at radius 3 is 2.57 bits per heavy atom. The summed E-state index contributed by atoms with van der Waals surface area (Å²) in [4.78, 5) is 20.2. The van der Waals surface area contributed by atoms with Crippen LogP contribution in [0.5, 0.6) is 0 Å². The van der Waals surface area contributed by atoms with E-state index in [9.17, 15) is 9.90 Å². The van der Waals surface area contributed by atoms with E-state index in [0.29, 0.717) is 6.54 Å². The maximum absolute atomic E-state index is 12.5. The van der Waals surface area contributed by atoms with Gasteiger partial charge in [0.15, 0.2) is 0 Å². The molecular weight excluding hydrogens is 392 g/mol. The van der Waals surface area contributed by atoms with Crippen molar-refractivity contribution in [1.82, 2.24) is 15.3 Å². The highest BCUT2D eigenvalue weighted by Crippen LogP contribution is 2.37. The zero-order chi connectivity index (χ0) is 21.6. The molecule has 0 spiro atoms. The molecule has 0 aliphatic rings. The van der Waals surface area contributed by atoms with E-state index in [1.165, 1.54) is 11.3 Å². The number of benzene rings is 1. The van der Waals surface area contributed by atoms with Gasteiger partial charge < -0.3 is 15.4 Å². The third kappa shape index (κ3) is 3.83. The van der Waals surface area contributed by atoms with Crippen LogP contribution in [0.25, 0.3) is 32.1 Å². The molecule has 0 bridgehead atoms. The summed E-state index contributed by atoms with van der Waals surface area (Å²) in [5, 5.41) is 16.1. The van der Waals surface area contributed by atoms with E-state index in [2.05, 4.69) is 34.6 Å². The molecule has 1 aromatic carbocycles. The van der Waals surface area contributed by atoms with E-state index >= 15 is 0 Å². The number of rotatable bonds is 5. The zero-order valence-electron chi connectivity index (χ0n) is 17.1. The van der Waals surface area contributed by atoms with Crippen LogP contribution in [-0.4, -0.2) is 42.8 Å². The van der Waals surface area contributed by atoms with Gasteiger partial charge in [-0.25, -0.2) is 0 Å². The predicted molar refractivity (Wildman–Crippen MR) is 126 cm³/mol. The number of fused-ring (bicyclic) bond motifs is 3. The smallest absolute Gasteiger partial charge is 0.266 e. The molecule has 0 aliphatic carbocycles. The molecule has 5 nitrogen and oxygen atoms in total. The molecule has 3 N–H and O–H groups in total. The Hall–Kier alpha value is -2.41. The number of aliphatic hydroxyl groups is 1. The summed E-state index contributed by atoms with van der Waals surface area (Å²) in [7, 11) is 10.8. The summed E-state index contributed by atoms with van der Waals surface area (Å²) in [5.74, 6) is 0.103. The number of hydrogen-bond acceptors (Lipinski definition) is 5. The number of H-pyrrole nitrogens is 1. The Balaban J connectivity index is 1.82. The predicted octanol–water partition coefficient (Wildman–Crippen LogP) is 3.06. The van der Waals surface area contributed by atoms with Crippen LogP contribution in [0.2, 0.25) is 0 Å². The van der Waals surface area contributed by atoms with E-state index in [0.717, 1.165) is 49.1 Å². The molecule has 4 aromatic rings. The topological polar surface area (TPSA) is 78.0 Å². The summed E-state index contributed by atoms with van der Waals surface area (Å²) in [6.07, 6.45) is 0. The van der Waals surface area contributed by atoms with Crippen molar-refractivity contribution in [2.24, 2.45) is 0 Å². The van der Waals surface area contributed by atoms with Crippen LogP contribution in [0.15, 0.2) is 40.5 Å². The number of thiophene rings is 1. The van der Waals surface area contributed by atoms with Gasteiger partial charge in [0, 0.05) is 34.1 Å². The molecule has 4 rings (SSSR count). The van der Waals surface area contributed by atoms with Crippen molar-refractivity contribution in [3.05, 3.63) is 63.0 Å². The van der Waals surface area contributed by atoms with Gasteiger partial charge in [0.1, 0.15) is 20.4 Å². The minimum absolute atomic E-state index is 0.0800. The first-order valence-corrected chi connectivity index (χ1v) is 10.6. The molecule has 30 heavy (non-hydrogen) atoms. The van der Waals surface area contributed by atoms with Crippen LogP contribution < -0.4 is 10.9 Å². The molecule has 4 radical (unpaired) electrons. The Labute approximate surface area is 181 Å². The van der Waals surface area contributed by atoms with Crippen molar-refractivity contribution in [2.45, 2.75) is 32.2 Å². The number of nitrogens with one attached hydrogen (secondary N) is 2. The van der Waals surface area contributed by atoms with Crippen molar-refractivity contribution < 1.29 is 5.11 Å². The lowest BCUT2D eigenvalue weighted by atomic mass is 9.73. The number of nitrogens with zero attached hydrogens (tertiary/aromatic N) is 1. The fourth-order valence-corrected chi connectivity index (χ4v) is 4.69. The SMILES string of the molecule is [B]C([B])(O)NCC(C)c1ccc(-c2c(C)nc(C)c3[nH]c(=O)c4sccc4c23)cc1. The van der Waals surface area contributed by atoms with E-state index in [1.807, 2.05) is 32.2 Å². The van der Waals surface area contributed by atoms with Crippen molar-refractivity contribution in [1.29, 1.82) is 0 Å². The number of aryl methyl sites for hydroxylation is 2. The standard InChI is InChI=1S/C22H21B2N3O2S/c1-11(10-25-22(23,24)29)14-4-6-15(7-5-14)17-12(2)26-13(3)19-18(17)16-8-9-30-20(16)21(28)27-19/h4-9,11,25,29H,10H2,1-3H3,(H,27,28). The van der Waals surface area contributed by atoms with Crippen molar-refractivity contribution in [3.63, 3.8) is 0 Å². The highest BCUT2D eigenvalue weighted by molar-refractivity contribution is 7.17. The maximum atomic E-state index is 12.5. The molecule has 0 saturated carbocycles. The third-order valence-electron chi connectivity index (χ3n) is 5.40. The molecule has 0 amide bonds. The van der Waals surface area contributed by atoms with E-state index in [1.54, 1.807) is 0 Å². The minimum atomic E-state index is -1.89. The second kappa shape index (κ2) is 7.69. The molecule has 3 aromatic heterocycles. The van der Waals surface area contributed by atoms with Gasteiger partial charge in [-0.15, -0.1) is 11.3 Å². The van der Waals surface area contributed by atoms with Gasteiger partial charge in [0.2, 0.25) is 0 Å². The van der Waals surface area contributed by atoms with Crippen LogP contribution in [0.1, 0.15) is 29.8 Å². The average Bonchev–Trinajstić information content (AvgIpc) is 3.18. The van der Waals surface area contributed by atoms with E-state index < -0.39 is 5.52 Å². The summed E-state index contributed by atoms with van der Waals surface area (Å²) < 4.78 is 0.723. The van der Waals surface area contributed by atoms with Crippen LogP contribution >= 0.6 is 11.3 Å². The zero-order valence-corrected chi connectivity index (χ0v) is 17.9. The van der Waals surface area contributed by atoms with E-state index in [4.69, 9.17) is 20.7 Å². The molecule has 148 valence electrons. The van der Waals surface area contributed by atoms with Gasteiger partial charge in [-0.3, -0.25) is 9.78 Å². The second-order valence-electron chi connectivity index (χ2n) is 7.75. The first-order chi connectivity index (χ1) is 14.2. The lowest BCUT2D eigenvalue weighted by molar-refractivity contribution is 0.172. The number of aromatic amines is 1. The summed E-state index contributed by atoms with van der Waals surface area (Å²) in [6.45, 7) is 6.38. The van der Waals surface area contributed by atoms with Crippen LogP contribution in [0.4, 0.5) is 0 Å².